The van der Waals surface area contributed by atoms with Crippen molar-refractivity contribution in [2.75, 3.05) is 14.1 Å². The highest BCUT2D eigenvalue weighted by molar-refractivity contribution is 7.89. The molecule has 5 nitrogen and oxygen atoms in total. The maximum Gasteiger partial charge on any atom is 0.339 e. The summed E-state index contributed by atoms with van der Waals surface area (Å²) in [6, 6.07) is 8.21. The molecule has 0 aliphatic carbocycles. The summed E-state index contributed by atoms with van der Waals surface area (Å²) in [7, 11) is -0.547. The first-order chi connectivity index (χ1) is 10.7. The number of carbonyl (C=O) groups is 1. The maximum atomic E-state index is 12.1. The van der Waals surface area contributed by atoms with Crippen LogP contribution >= 0.6 is 11.3 Å². The van der Waals surface area contributed by atoms with E-state index in [9.17, 15) is 13.2 Å². The van der Waals surface area contributed by atoms with Crippen LogP contribution in [0.1, 0.15) is 25.7 Å². The summed E-state index contributed by atoms with van der Waals surface area (Å²) in [5, 5.41) is 0. The summed E-state index contributed by atoms with van der Waals surface area (Å²) >= 11 is 1.54. The fourth-order valence-corrected chi connectivity index (χ4v) is 3.95. The van der Waals surface area contributed by atoms with Gasteiger partial charge >= 0.3 is 5.97 Å². The van der Waals surface area contributed by atoms with Gasteiger partial charge < -0.3 is 4.74 Å². The molecule has 0 amide bonds. The molecule has 0 atom stereocenters. The van der Waals surface area contributed by atoms with Crippen LogP contribution < -0.4 is 0 Å². The highest BCUT2D eigenvalue weighted by Crippen LogP contribution is 2.22. The van der Waals surface area contributed by atoms with Crippen molar-refractivity contribution >= 4 is 27.3 Å². The predicted octanol–water partition coefficient (Wildman–Crippen LogP) is 2.97. The molecule has 0 saturated heterocycles. The number of hydrogen-bond donors (Lipinski definition) is 0. The molecule has 2 rings (SSSR count). The molecule has 0 N–H and O–H groups in total. The zero-order chi connectivity index (χ0) is 17.2. The Morgan fingerprint density at radius 3 is 2.48 bits per heavy atom. The summed E-state index contributed by atoms with van der Waals surface area (Å²) in [5.41, 5.74) is 1.19. The number of thiophene rings is 1. The Hall–Kier alpha value is -1.70. The number of carbonyl (C=O) groups excluding carboxylic acids is 1. The highest BCUT2D eigenvalue weighted by Gasteiger charge is 2.18. The van der Waals surface area contributed by atoms with E-state index < -0.39 is 16.0 Å². The monoisotopic (exact) mass is 353 g/mol. The van der Waals surface area contributed by atoms with Crippen LogP contribution in [0.4, 0.5) is 0 Å². The number of sulfonamides is 1. The molecular formula is C16H19NO4S2. The number of rotatable bonds is 5. The molecule has 0 radical (unpaired) electrons. The summed E-state index contributed by atoms with van der Waals surface area (Å²) in [4.78, 5) is 14.2. The van der Waals surface area contributed by atoms with Crippen LogP contribution in [0.15, 0.2) is 35.2 Å². The third kappa shape index (κ3) is 3.99. The number of nitrogens with zero attached hydrogens (tertiary/aromatic N) is 1. The Balaban J connectivity index is 2.13. The molecule has 23 heavy (non-hydrogen) atoms. The van der Waals surface area contributed by atoms with E-state index in [4.69, 9.17) is 4.74 Å². The molecule has 1 heterocycles. The molecule has 7 heteroatoms. The number of benzene rings is 1. The van der Waals surface area contributed by atoms with Crippen LogP contribution in [-0.2, 0) is 21.4 Å². The van der Waals surface area contributed by atoms with E-state index in [1.54, 1.807) is 29.5 Å². The van der Waals surface area contributed by atoms with Gasteiger partial charge in [-0.2, -0.15) is 0 Å². The molecule has 2 aromatic rings. The maximum absolute atomic E-state index is 12.1. The van der Waals surface area contributed by atoms with Crippen molar-refractivity contribution in [2.45, 2.75) is 25.3 Å². The van der Waals surface area contributed by atoms with Crippen molar-refractivity contribution in [1.82, 2.24) is 4.31 Å². The fourth-order valence-electron chi connectivity index (χ4n) is 2.07. The molecule has 0 bridgehead atoms. The average Bonchev–Trinajstić information content (AvgIpc) is 2.83. The number of aryl methyl sites for hydroxylation is 2. The summed E-state index contributed by atoms with van der Waals surface area (Å²) in [5.74, 6) is -0.396. The van der Waals surface area contributed by atoms with Crippen LogP contribution in [-0.4, -0.2) is 32.8 Å². The van der Waals surface area contributed by atoms with Gasteiger partial charge in [-0.1, -0.05) is 12.1 Å². The van der Waals surface area contributed by atoms with Gasteiger partial charge in [-0.15, -0.1) is 11.3 Å². The van der Waals surface area contributed by atoms with Crippen molar-refractivity contribution in [2.24, 2.45) is 0 Å². The minimum atomic E-state index is -3.50. The third-order valence-corrected chi connectivity index (χ3v) is 6.08. The minimum Gasteiger partial charge on any atom is -0.457 e. The van der Waals surface area contributed by atoms with Gasteiger partial charge in [-0.3, -0.25) is 0 Å². The smallest absolute Gasteiger partial charge is 0.339 e. The lowest BCUT2D eigenvalue weighted by atomic mass is 10.2. The molecule has 0 saturated carbocycles. The van der Waals surface area contributed by atoms with E-state index in [1.165, 1.54) is 26.2 Å². The Kier molecular flexibility index (Phi) is 5.23. The van der Waals surface area contributed by atoms with Crippen LogP contribution in [0.2, 0.25) is 0 Å². The molecule has 0 spiro atoms. The lowest BCUT2D eigenvalue weighted by Crippen LogP contribution is -2.22. The Bertz CT molecular complexity index is 822. The normalized spacial score (nSPS) is 11.7. The van der Waals surface area contributed by atoms with Crippen molar-refractivity contribution in [1.29, 1.82) is 0 Å². The highest BCUT2D eigenvalue weighted by atomic mass is 32.2. The van der Waals surface area contributed by atoms with E-state index in [0.29, 0.717) is 11.1 Å². The second-order valence-electron chi connectivity index (χ2n) is 5.34. The summed E-state index contributed by atoms with van der Waals surface area (Å²) in [6.45, 7) is 3.84. The van der Waals surface area contributed by atoms with Crippen molar-refractivity contribution < 1.29 is 17.9 Å². The lowest BCUT2D eigenvalue weighted by Gasteiger charge is -2.12. The first-order valence-corrected chi connectivity index (χ1v) is 9.23. The van der Waals surface area contributed by atoms with Gasteiger partial charge in [0.05, 0.1) is 10.5 Å². The minimum absolute atomic E-state index is 0.0317. The summed E-state index contributed by atoms with van der Waals surface area (Å²) < 4.78 is 30.7. The molecule has 0 unspecified atom stereocenters. The Labute approximate surface area is 140 Å². The van der Waals surface area contributed by atoms with Gasteiger partial charge in [-0.25, -0.2) is 17.5 Å². The Morgan fingerprint density at radius 1 is 1.22 bits per heavy atom. The van der Waals surface area contributed by atoms with E-state index in [0.717, 1.165) is 14.1 Å². The average molecular weight is 353 g/mol. The molecule has 0 fully saturated rings. The molecular weight excluding hydrogens is 334 g/mol. The van der Waals surface area contributed by atoms with Crippen molar-refractivity contribution in [3.05, 3.63) is 51.2 Å². The molecule has 124 valence electrons. The van der Waals surface area contributed by atoms with Crippen LogP contribution in [0, 0.1) is 13.8 Å². The lowest BCUT2D eigenvalue weighted by molar-refractivity contribution is 0.0472. The van der Waals surface area contributed by atoms with Crippen LogP contribution in [0.25, 0.3) is 0 Å². The first-order valence-electron chi connectivity index (χ1n) is 6.97. The van der Waals surface area contributed by atoms with E-state index in [2.05, 4.69) is 0 Å². The topological polar surface area (TPSA) is 63.7 Å². The second kappa shape index (κ2) is 6.82. The molecule has 0 aliphatic heterocycles. The van der Waals surface area contributed by atoms with Gasteiger partial charge in [0, 0.05) is 23.8 Å². The zero-order valence-electron chi connectivity index (χ0n) is 13.5. The number of hydrogen-bond acceptors (Lipinski definition) is 5. The van der Waals surface area contributed by atoms with Gasteiger partial charge in [0.2, 0.25) is 10.0 Å². The Morgan fingerprint density at radius 2 is 1.91 bits per heavy atom. The molecule has 0 aliphatic rings. The second-order valence-corrected chi connectivity index (χ2v) is 8.95. The molecule has 1 aromatic heterocycles. The molecule has 1 aromatic carbocycles. The largest absolute Gasteiger partial charge is 0.457 e. The van der Waals surface area contributed by atoms with Crippen LogP contribution in [0.5, 0.6) is 0 Å². The number of ether oxygens (including phenoxy) is 1. The number of esters is 1. The van der Waals surface area contributed by atoms with Gasteiger partial charge in [-0.05, 0) is 37.6 Å². The van der Waals surface area contributed by atoms with Gasteiger partial charge in [0.1, 0.15) is 6.61 Å². The van der Waals surface area contributed by atoms with Crippen molar-refractivity contribution in [3.8, 4) is 0 Å². The third-order valence-electron chi connectivity index (χ3n) is 3.31. The van der Waals surface area contributed by atoms with Crippen LogP contribution in [0.3, 0.4) is 0 Å². The fraction of sp³-hybridized carbons (Fsp3) is 0.312. The van der Waals surface area contributed by atoms with E-state index in [1.807, 2.05) is 13.8 Å². The van der Waals surface area contributed by atoms with Gasteiger partial charge in [0.25, 0.3) is 0 Å². The van der Waals surface area contributed by atoms with E-state index >= 15 is 0 Å². The zero-order valence-corrected chi connectivity index (χ0v) is 15.1. The van der Waals surface area contributed by atoms with Gasteiger partial charge in [0.15, 0.2) is 0 Å². The van der Waals surface area contributed by atoms with E-state index in [-0.39, 0.29) is 11.5 Å². The SMILES string of the molecule is Cc1cc(C(=O)OCc2cccc(S(=O)(=O)N(C)C)c2)c(C)s1. The van der Waals surface area contributed by atoms with Crippen molar-refractivity contribution in [3.63, 3.8) is 0 Å². The summed E-state index contributed by atoms with van der Waals surface area (Å²) in [6.07, 6.45) is 0. The first kappa shape index (κ1) is 17.7. The quantitative estimate of drug-likeness (QED) is 0.775. The predicted molar refractivity (Wildman–Crippen MR) is 90.2 cm³/mol. The standard InChI is InChI=1S/C16H19NO4S2/c1-11-8-15(12(2)22-11)16(18)21-10-13-6-5-7-14(9-13)23(19,20)17(3)4/h5-9H,10H2,1-4H3.